The van der Waals surface area contributed by atoms with Crippen LogP contribution < -0.4 is 5.32 Å². The lowest BCUT2D eigenvalue weighted by molar-refractivity contribution is -0.135. The van der Waals surface area contributed by atoms with E-state index in [9.17, 15) is 9.59 Å². The minimum Gasteiger partial charge on any atom is -0.333 e. The first-order valence-electron chi connectivity index (χ1n) is 8.41. The molecule has 132 valence electrons. The Balaban J connectivity index is 1.61. The second kappa shape index (κ2) is 8.45. The highest BCUT2D eigenvalue weighted by Gasteiger charge is 2.19. The lowest BCUT2D eigenvalue weighted by atomic mass is 10.1. The third-order valence-corrected chi connectivity index (χ3v) is 5.24. The number of nitrogens with one attached hydrogen (secondary N) is 1. The maximum Gasteiger partial charge on any atom is 0.245 e. The van der Waals surface area contributed by atoms with E-state index in [4.69, 9.17) is 11.6 Å². The Bertz CT molecular complexity index is 762. The van der Waals surface area contributed by atoms with Gasteiger partial charge < -0.3 is 10.2 Å². The van der Waals surface area contributed by atoms with Crippen molar-refractivity contribution in [3.63, 3.8) is 0 Å². The average molecular weight is 378 g/mol. The summed E-state index contributed by atoms with van der Waals surface area (Å²) in [5, 5.41) is 5.78. The number of hydrogen-bond donors (Lipinski definition) is 1. The number of nitrogens with zero attached hydrogens (tertiary/aromatic N) is 2. The van der Waals surface area contributed by atoms with Crippen LogP contribution in [0, 0.1) is 0 Å². The van der Waals surface area contributed by atoms with Crippen molar-refractivity contribution in [2.75, 3.05) is 18.4 Å². The second-order valence-electron chi connectivity index (χ2n) is 6.05. The van der Waals surface area contributed by atoms with Crippen LogP contribution in [-0.4, -0.2) is 34.8 Å². The number of rotatable bonds is 4. The van der Waals surface area contributed by atoms with Crippen LogP contribution in [0.25, 0.3) is 11.3 Å². The third kappa shape index (κ3) is 4.80. The summed E-state index contributed by atoms with van der Waals surface area (Å²) in [5.74, 6) is -0.153. The molecule has 2 heterocycles. The SMILES string of the molecule is O=C(CN1CCCCCCC1=O)Nc1nc(-c2ccccc2Cl)cs1. The molecule has 3 rings (SSSR count). The van der Waals surface area contributed by atoms with Crippen molar-refractivity contribution in [2.45, 2.75) is 32.1 Å². The summed E-state index contributed by atoms with van der Waals surface area (Å²) < 4.78 is 0. The maximum atomic E-state index is 12.3. The summed E-state index contributed by atoms with van der Waals surface area (Å²) in [5.41, 5.74) is 1.56. The highest BCUT2D eigenvalue weighted by molar-refractivity contribution is 7.14. The highest BCUT2D eigenvalue weighted by atomic mass is 35.5. The molecule has 1 aromatic carbocycles. The number of aromatic nitrogens is 1. The molecule has 7 heteroatoms. The van der Waals surface area contributed by atoms with Crippen molar-refractivity contribution >= 4 is 39.9 Å². The van der Waals surface area contributed by atoms with Crippen LogP contribution in [0.2, 0.25) is 5.02 Å². The van der Waals surface area contributed by atoms with Crippen LogP contribution in [0.5, 0.6) is 0 Å². The summed E-state index contributed by atoms with van der Waals surface area (Å²) in [6.45, 7) is 0.731. The van der Waals surface area contributed by atoms with Crippen LogP contribution >= 0.6 is 22.9 Å². The molecule has 5 nitrogen and oxygen atoms in total. The predicted molar refractivity (Wildman–Crippen MR) is 101 cm³/mol. The third-order valence-electron chi connectivity index (χ3n) is 4.16. The molecule has 1 aliphatic heterocycles. The fraction of sp³-hybridized carbons (Fsp3) is 0.389. The molecule has 1 aliphatic rings. The van der Waals surface area contributed by atoms with Crippen molar-refractivity contribution in [3.8, 4) is 11.3 Å². The van der Waals surface area contributed by atoms with Gasteiger partial charge in [-0.3, -0.25) is 9.59 Å². The molecule has 0 spiro atoms. The Hall–Kier alpha value is -1.92. The zero-order valence-corrected chi connectivity index (χ0v) is 15.4. The lowest BCUT2D eigenvalue weighted by Gasteiger charge is -2.23. The summed E-state index contributed by atoms with van der Waals surface area (Å²) in [6, 6.07) is 7.46. The number of halogens is 1. The van der Waals surface area contributed by atoms with Crippen LogP contribution in [0.4, 0.5) is 5.13 Å². The normalized spacial score (nSPS) is 15.6. The summed E-state index contributed by atoms with van der Waals surface area (Å²) in [6.07, 6.45) is 4.59. The van der Waals surface area contributed by atoms with Crippen LogP contribution in [0.3, 0.4) is 0 Å². The van der Waals surface area contributed by atoms with E-state index in [1.165, 1.54) is 11.3 Å². The van der Waals surface area contributed by atoms with Crippen molar-refractivity contribution in [1.82, 2.24) is 9.88 Å². The zero-order chi connectivity index (χ0) is 17.6. The standard InChI is InChI=1S/C18H20ClN3O2S/c19-14-8-5-4-7-13(14)15-12-25-18(20-15)21-16(23)11-22-10-6-2-1-3-9-17(22)24/h4-5,7-8,12H,1-3,6,9-11H2,(H,20,21,23). The molecule has 2 aromatic rings. The maximum absolute atomic E-state index is 12.3. The Labute approximate surface area is 156 Å². The van der Waals surface area contributed by atoms with E-state index in [2.05, 4.69) is 10.3 Å². The first kappa shape index (κ1) is 17.9. The summed E-state index contributed by atoms with van der Waals surface area (Å²) in [7, 11) is 0. The first-order chi connectivity index (χ1) is 12.1. The van der Waals surface area contributed by atoms with E-state index in [1.54, 1.807) is 4.90 Å². The van der Waals surface area contributed by atoms with Gasteiger partial charge in [-0.05, 0) is 18.9 Å². The number of thiazole rings is 1. The van der Waals surface area contributed by atoms with Gasteiger partial charge in [-0.25, -0.2) is 4.98 Å². The van der Waals surface area contributed by atoms with Gasteiger partial charge in [0.25, 0.3) is 0 Å². The molecule has 0 saturated carbocycles. The van der Waals surface area contributed by atoms with E-state index in [1.807, 2.05) is 29.6 Å². The number of carbonyl (C=O) groups is 2. The quantitative estimate of drug-likeness (QED) is 0.868. The van der Waals surface area contributed by atoms with E-state index in [0.717, 1.165) is 36.9 Å². The number of likely N-dealkylation sites (tertiary alicyclic amines) is 1. The summed E-state index contributed by atoms with van der Waals surface area (Å²) >= 11 is 7.53. The van der Waals surface area contributed by atoms with Crippen LogP contribution in [0.1, 0.15) is 32.1 Å². The number of amides is 2. The predicted octanol–water partition coefficient (Wildman–Crippen LogP) is 4.19. The van der Waals surface area contributed by atoms with Gasteiger partial charge in [0.1, 0.15) is 0 Å². The zero-order valence-electron chi connectivity index (χ0n) is 13.8. The van der Waals surface area contributed by atoms with Gasteiger partial charge in [-0.2, -0.15) is 0 Å². The van der Waals surface area contributed by atoms with Gasteiger partial charge in [0, 0.05) is 28.9 Å². The number of hydrogen-bond acceptors (Lipinski definition) is 4. The van der Waals surface area contributed by atoms with E-state index >= 15 is 0 Å². The Morgan fingerprint density at radius 1 is 1.24 bits per heavy atom. The molecule has 0 aliphatic carbocycles. The Morgan fingerprint density at radius 3 is 2.88 bits per heavy atom. The Morgan fingerprint density at radius 2 is 2.04 bits per heavy atom. The van der Waals surface area contributed by atoms with Crippen molar-refractivity contribution in [2.24, 2.45) is 0 Å². The molecule has 0 bridgehead atoms. The molecule has 25 heavy (non-hydrogen) atoms. The smallest absolute Gasteiger partial charge is 0.245 e. The van der Waals surface area contributed by atoms with E-state index < -0.39 is 0 Å². The molecular formula is C18H20ClN3O2S. The van der Waals surface area contributed by atoms with E-state index in [-0.39, 0.29) is 18.4 Å². The minimum absolute atomic E-state index is 0.0609. The van der Waals surface area contributed by atoms with Gasteiger partial charge >= 0.3 is 0 Å². The molecule has 1 N–H and O–H groups in total. The van der Waals surface area contributed by atoms with Crippen molar-refractivity contribution in [3.05, 3.63) is 34.7 Å². The molecule has 0 unspecified atom stereocenters. The molecule has 2 amide bonds. The summed E-state index contributed by atoms with van der Waals surface area (Å²) in [4.78, 5) is 30.4. The average Bonchev–Trinajstić information content (AvgIpc) is 3.03. The van der Waals surface area contributed by atoms with Crippen molar-refractivity contribution in [1.29, 1.82) is 0 Å². The van der Waals surface area contributed by atoms with Gasteiger partial charge in [0.05, 0.1) is 12.2 Å². The van der Waals surface area contributed by atoms with Crippen molar-refractivity contribution < 1.29 is 9.59 Å². The minimum atomic E-state index is -0.214. The number of anilines is 1. The molecule has 0 radical (unpaired) electrons. The lowest BCUT2D eigenvalue weighted by Crippen LogP contribution is -2.39. The molecule has 1 fully saturated rings. The molecular weight excluding hydrogens is 358 g/mol. The first-order valence-corrected chi connectivity index (χ1v) is 9.67. The van der Waals surface area contributed by atoms with Gasteiger partial charge in [0.15, 0.2) is 5.13 Å². The fourth-order valence-electron chi connectivity index (χ4n) is 2.84. The van der Waals surface area contributed by atoms with Gasteiger partial charge in [0.2, 0.25) is 11.8 Å². The monoisotopic (exact) mass is 377 g/mol. The van der Waals surface area contributed by atoms with Crippen LogP contribution in [0.15, 0.2) is 29.6 Å². The largest absolute Gasteiger partial charge is 0.333 e. The fourth-order valence-corrected chi connectivity index (χ4v) is 3.80. The Kier molecular flexibility index (Phi) is 6.04. The molecule has 1 aromatic heterocycles. The topological polar surface area (TPSA) is 62.3 Å². The molecule has 0 atom stereocenters. The van der Waals surface area contributed by atoms with Gasteiger partial charge in [-0.15, -0.1) is 11.3 Å². The number of benzene rings is 1. The number of carbonyl (C=O) groups excluding carboxylic acids is 2. The molecule has 1 saturated heterocycles. The van der Waals surface area contributed by atoms with Gasteiger partial charge in [-0.1, -0.05) is 42.6 Å². The van der Waals surface area contributed by atoms with Crippen LogP contribution in [-0.2, 0) is 9.59 Å². The van der Waals surface area contributed by atoms with E-state index in [0.29, 0.717) is 23.1 Å². The highest BCUT2D eigenvalue weighted by Crippen LogP contribution is 2.30. The second-order valence-corrected chi connectivity index (χ2v) is 7.31.